The number of hydrogen-bond acceptors (Lipinski definition) is 2. The van der Waals surface area contributed by atoms with E-state index in [0.717, 1.165) is 3.57 Å². The summed E-state index contributed by atoms with van der Waals surface area (Å²) < 4.78 is 1.86. The molecule has 0 aliphatic heterocycles. The van der Waals surface area contributed by atoms with E-state index in [1.54, 1.807) is 6.07 Å². The van der Waals surface area contributed by atoms with Crippen LogP contribution in [0.4, 0.5) is 5.69 Å². The van der Waals surface area contributed by atoms with Crippen LogP contribution in [0.3, 0.4) is 0 Å². The van der Waals surface area contributed by atoms with Gasteiger partial charge >= 0.3 is 5.97 Å². The van der Waals surface area contributed by atoms with E-state index in [1.165, 1.54) is 0 Å². The number of nitrogens with two attached hydrogens (primary N) is 3. The molecule has 0 unspecified atom stereocenters. The second kappa shape index (κ2) is 6.87. The molecule has 1 aromatic rings. The number of carboxylic acid groups (broad SMARTS) is 1. The molecule has 0 fully saturated rings. The van der Waals surface area contributed by atoms with Crippen LogP contribution >= 0.6 is 67.8 Å². The third-order valence-corrected chi connectivity index (χ3v) is 4.55. The minimum Gasteiger partial charge on any atom is -0.478 e. The second-order valence-electron chi connectivity index (χ2n) is 3.19. The maximum absolute atomic E-state index is 11.2. The summed E-state index contributed by atoms with van der Waals surface area (Å²) in [5.74, 6) is -1.37. The molecule has 0 heterocycles. The number of carboxylic acids is 1. The monoisotopic (exact) mass is 599 g/mol. The molecule has 0 aliphatic rings. The Labute approximate surface area is 149 Å². The Balaban J connectivity index is 3.49. The lowest BCUT2D eigenvalue weighted by atomic mass is 10.2. The van der Waals surface area contributed by atoms with Crippen molar-refractivity contribution >= 4 is 91.3 Å². The molecule has 0 saturated heterocycles. The molecule has 0 aromatic heterocycles. The first-order chi connectivity index (χ1) is 8.73. The minimum atomic E-state index is -1.03. The minimum absolute atomic E-state index is 0.131. The van der Waals surface area contributed by atoms with Crippen LogP contribution in [0.15, 0.2) is 16.1 Å². The molecule has 0 spiro atoms. The lowest BCUT2D eigenvalue weighted by molar-refractivity contribution is 0.0694. The van der Waals surface area contributed by atoms with Gasteiger partial charge in [-0.2, -0.15) is 4.99 Å². The van der Waals surface area contributed by atoms with E-state index in [-0.39, 0.29) is 17.5 Å². The van der Waals surface area contributed by atoms with Gasteiger partial charge in [0.2, 0.25) is 5.96 Å². The Morgan fingerprint density at radius 2 is 1.74 bits per heavy atom. The first-order valence-corrected chi connectivity index (χ1v) is 7.82. The highest BCUT2D eigenvalue weighted by atomic mass is 127. The first-order valence-electron chi connectivity index (χ1n) is 4.58. The van der Waals surface area contributed by atoms with Gasteiger partial charge in [0.05, 0.1) is 14.8 Å². The third kappa shape index (κ3) is 4.30. The van der Waals surface area contributed by atoms with Gasteiger partial charge in [-0.1, -0.05) is 0 Å². The van der Waals surface area contributed by atoms with E-state index in [0.29, 0.717) is 12.8 Å². The fraction of sp³-hybridized carbons (Fsp3) is 0. The zero-order valence-electron chi connectivity index (χ0n) is 9.19. The zero-order valence-corrected chi connectivity index (χ0v) is 15.7. The summed E-state index contributed by atoms with van der Waals surface area (Å²) in [5, 5.41) is 9.18. The molecular weight excluding hydrogens is 591 g/mol. The Kier molecular flexibility index (Phi) is 6.03. The Morgan fingerprint density at radius 1 is 1.16 bits per heavy atom. The molecule has 0 saturated carbocycles. The van der Waals surface area contributed by atoms with E-state index in [1.807, 2.05) is 67.8 Å². The Hall–Kier alpha value is -0.380. The number of guanidine groups is 2. The van der Waals surface area contributed by atoms with Crippen LogP contribution in [0.25, 0.3) is 0 Å². The molecule has 10 heteroatoms. The van der Waals surface area contributed by atoms with Gasteiger partial charge in [0.15, 0.2) is 5.96 Å². The predicted molar refractivity (Wildman–Crippen MR) is 98.6 cm³/mol. The number of aromatic carboxylic acids is 1. The maximum Gasteiger partial charge on any atom is 0.337 e. The summed E-state index contributed by atoms with van der Waals surface area (Å²) in [6.07, 6.45) is 0. The number of nitrogens with zero attached hydrogens (tertiary/aromatic N) is 2. The van der Waals surface area contributed by atoms with Crippen molar-refractivity contribution in [1.82, 2.24) is 0 Å². The van der Waals surface area contributed by atoms with Crippen LogP contribution in [0.5, 0.6) is 0 Å². The molecule has 1 rings (SSSR count). The van der Waals surface area contributed by atoms with Crippen molar-refractivity contribution in [2.45, 2.75) is 0 Å². The smallest absolute Gasteiger partial charge is 0.337 e. The van der Waals surface area contributed by atoms with Gasteiger partial charge in [-0.15, -0.1) is 0 Å². The quantitative estimate of drug-likeness (QED) is 0.232. The summed E-state index contributed by atoms with van der Waals surface area (Å²) in [7, 11) is 0. The van der Waals surface area contributed by atoms with Crippen LogP contribution in [0, 0.1) is 10.7 Å². The van der Waals surface area contributed by atoms with Crippen molar-refractivity contribution in [3.8, 4) is 0 Å². The van der Waals surface area contributed by atoms with Gasteiger partial charge in [-0.25, -0.2) is 9.79 Å². The van der Waals surface area contributed by atoms with Gasteiger partial charge in [-0.05, 0) is 73.8 Å². The molecule has 19 heavy (non-hydrogen) atoms. The molecule has 102 valence electrons. The Bertz CT molecular complexity index is 596. The summed E-state index contributed by atoms with van der Waals surface area (Å²) in [6.45, 7) is 0. The van der Waals surface area contributed by atoms with Crippen molar-refractivity contribution in [3.63, 3.8) is 0 Å². The van der Waals surface area contributed by atoms with Crippen LogP contribution in [0.1, 0.15) is 10.4 Å². The van der Waals surface area contributed by atoms with Crippen molar-refractivity contribution in [2.24, 2.45) is 27.2 Å². The van der Waals surface area contributed by atoms with Gasteiger partial charge < -0.3 is 22.3 Å². The van der Waals surface area contributed by atoms with Crippen LogP contribution in [-0.4, -0.2) is 23.0 Å². The van der Waals surface area contributed by atoms with Crippen LogP contribution < -0.4 is 17.2 Å². The van der Waals surface area contributed by atoms with Crippen molar-refractivity contribution < 1.29 is 9.90 Å². The van der Waals surface area contributed by atoms with Gasteiger partial charge in [0.25, 0.3) is 0 Å². The standard InChI is InChI=1S/C9H8I3N5O2/c10-2-1-3(11)6(5(12)4(2)7(18)19)16-9(15)17-8(13)14/h1H,(H,18,19)(H6,13,14,15,16,17). The molecule has 0 bridgehead atoms. The number of benzene rings is 1. The number of carbonyl (C=O) groups is 1. The SMILES string of the molecule is NC(N)=NC(N)=Nc1c(I)cc(I)c(C(=O)O)c1I. The molecular formula is C9H8I3N5O2. The van der Waals surface area contributed by atoms with E-state index in [2.05, 4.69) is 9.98 Å². The topological polar surface area (TPSA) is 140 Å². The molecule has 0 atom stereocenters. The van der Waals surface area contributed by atoms with Crippen molar-refractivity contribution in [2.75, 3.05) is 0 Å². The van der Waals surface area contributed by atoms with E-state index in [9.17, 15) is 9.90 Å². The summed E-state index contributed by atoms with van der Waals surface area (Å²) in [4.78, 5) is 18.9. The fourth-order valence-electron chi connectivity index (χ4n) is 1.15. The van der Waals surface area contributed by atoms with Crippen LogP contribution in [-0.2, 0) is 0 Å². The lowest BCUT2D eigenvalue weighted by Crippen LogP contribution is -2.26. The predicted octanol–water partition coefficient (Wildman–Crippen LogP) is 1.42. The van der Waals surface area contributed by atoms with Crippen LogP contribution in [0.2, 0.25) is 0 Å². The van der Waals surface area contributed by atoms with E-state index < -0.39 is 5.97 Å². The van der Waals surface area contributed by atoms with Gasteiger partial charge in [0.1, 0.15) is 0 Å². The summed E-state index contributed by atoms with van der Waals surface area (Å²) >= 11 is 5.91. The van der Waals surface area contributed by atoms with Crippen molar-refractivity contribution in [1.29, 1.82) is 0 Å². The lowest BCUT2D eigenvalue weighted by Gasteiger charge is -2.08. The highest BCUT2D eigenvalue weighted by molar-refractivity contribution is 14.1. The van der Waals surface area contributed by atoms with E-state index in [4.69, 9.17) is 17.2 Å². The Morgan fingerprint density at radius 3 is 2.21 bits per heavy atom. The van der Waals surface area contributed by atoms with Crippen molar-refractivity contribution in [3.05, 3.63) is 22.3 Å². The highest BCUT2D eigenvalue weighted by Gasteiger charge is 2.19. The molecule has 1 aromatic carbocycles. The second-order valence-corrected chi connectivity index (χ2v) is 6.59. The largest absolute Gasteiger partial charge is 0.478 e. The summed E-state index contributed by atoms with van der Waals surface area (Å²) in [6, 6.07) is 1.70. The van der Waals surface area contributed by atoms with Gasteiger partial charge in [0, 0.05) is 7.14 Å². The average molecular weight is 599 g/mol. The number of aliphatic imine (C=N–C) groups is 2. The number of hydrogen-bond donors (Lipinski definition) is 4. The molecule has 0 aliphatic carbocycles. The van der Waals surface area contributed by atoms with Gasteiger partial charge in [-0.3, -0.25) is 0 Å². The molecule has 0 radical (unpaired) electrons. The number of rotatable bonds is 2. The maximum atomic E-state index is 11.2. The normalized spacial score (nSPS) is 11.2. The molecule has 7 nitrogen and oxygen atoms in total. The zero-order chi connectivity index (χ0) is 14.7. The molecule has 7 N–H and O–H groups in total. The number of halogens is 3. The fourth-order valence-corrected chi connectivity index (χ4v) is 5.22. The van der Waals surface area contributed by atoms with E-state index >= 15 is 0 Å². The highest BCUT2D eigenvalue weighted by Crippen LogP contribution is 2.33. The average Bonchev–Trinajstić information content (AvgIpc) is 2.22. The molecule has 0 amide bonds. The summed E-state index contributed by atoms with van der Waals surface area (Å²) in [5.41, 5.74) is 16.6. The first kappa shape index (κ1) is 16.7. The third-order valence-electron chi connectivity index (χ3n) is 1.83.